The summed E-state index contributed by atoms with van der Waals surface area (Å²) in [6, 6.07) is 14.7. The van der Waals surface area contributed by atoms with E-state index in [0.717, 1.165) is 15.0 Å². The van der Waals surface area contributed by atoms with Gasteiger partial charge in [-0.15, -0.1) is 0 Å². The molecule has 1 amide bonds. The van der Waals surface area contributed by atoms with E-state index in [0.29, 0.717) is 18.1 Å². The molecule has 2 N–H and O–H groups in total. The van der Waals surface area contributed by atoms with Crippen LogP contribution in [-0.4, -0.2) is 17.6 Å². The molecule has 0 aliphatic rings. The first-order chi connectivity index (χ1) is 11.4. The number of carbonyl (C=O) groups excluding carboxylic acids is 1. The fourth-order valence-electron chi connectivity index (χ4n) is 1.84. The summed E-state index contributed by atoms with van der Waals surface area (Å²) in [5, 5.41) is 5.92. The summed E-state index contributed by atoms with van der Waals surface area (Å²) < 4.78 is 6.73. The van der Waals surface area contributed by atoms with E-state index in [4.69, 9.17) is 17.0 Å². The molecule has 24 heavy (non-hydrogen) atoms. The zero-order valence-corrected chi connectivity index (χ0v) is 16.5. The van der Waals surface area contributed by atoms with Gasteiger partial charge in [-0.1, -0.05) is 13.8 Å². The lowest BCUT2D eigenvalue weighted by atomic mass is 10.2. The molecule has 0 bridgehead atoms. The highest BCUT2D eigenvalue weighted by Crippen LogP contribution is 2.14. The lowest BCUT2D eigenvalue weighted by molar-refractivity contribution is 0.0977. The Morgan fingerprint density at radius 3 is 2.33 bits per heavy atom. The van der Waals surface area contributed by atoms with Gasteiger partial charge in [0.2, 0.25) is 0 Å². The average Bonchev–Trinajstić information content (AvgIpc) is 2.55. The van der Waals surface area contributed by atoms with Gasteiger partial charge in [-0.3, -0.25) is 10.1 Å². The van der Waals surface area contributed by atoms with Gasteiger partial charge < -0.3 is 10.1 Å². The van der Waals surface area contributed by atoms with Crippen molar-refractivity contribution >= 4 is 51.5 Å². The monoisotopic (exact) mass is 454 g/mol. The Balaban J connectivity index is 1.89. The maximum Gasteiger partial charge on any atom is 0.257 e. The van der Waals surface area contributed by atoms with Crippen LogP contribution in [0.3, 0.4) is 0 Å². The van der Waals surface area contributed by atoms with Crippen LogP contribution in [0.15, 0.2) is 48.5 Å². The first-order valence-corrected chi connectivity index (χ1v) is 9.03. The van der Waals surface area contributed by atoms with Gasteiger partial charge in [-0.2, -0.15) is 0 Å². The summed E-state index contributed by atoms with van der Waals surface area (Å²) in [6.45, 7) is 4.82. The number of halogens is 1. The molecule has 2 aromatic carbocycles. The Morgan fingerprint density at radius 1 is 1.12 bits per heavy atom. The van der Waals surface area contributed by atoms with E-state index >= 15 is 0 Å². The van der Waals surface area contributed by atoms with Crippen LogP contribution >= 0.6 is 34.8 Å². The van der Waals surface area contributed by atoms with Gasteiger partial charge in [-0.25, -0.2) is 0 Å². The van der Waals surface area contributed by atoms with E-state index < -0.39 is 0 Å². The van der Waals surface area contributed by atoms with Crippen molar-refractivity contribution in [3.63, 3.8) is 0 Å². The Bertz CT molecular complexity index is 700. The summed E-state index contributed by atoms with van der Waals surface area (Å²) >= 11 is 7.40. The minimum atomic E-state index is -0.256. The van der Waals surface area contributed by atoms with Crippen molar-refractivity contribution < 1.29 is 9.53 Å². The molecule has 0 spiro atoms. The SMILES string of the molecule is CC(C)COc1ccc(C(=O)NC(=S)Nc2ccc(I)cc2)cc1. The Kier molecular flexibility index (Phi) is 6.99. The Labute approximate surface area is 161 Å². The molecule has 126 valence electrons. The molecule has 0 heterocycles. The molecule has 2 rings (SSSR count). The third-order valence-electron chi connectivity index (χ3n) is 3.03. The van der Waals surface area contributed by atoms with Crippen molar-refractivity contribution in [3.8, 4) is 5.75 Å². The van der Waals surface area contributed by atoms with Crippen LogP contribution in [0, 0.1) is 9.49 Å². The standard InChI is InChI=1S/C18H19IN2O2S/c1-12(2)11-23-16-9-3-13(4-10-16)17(22)21-18(24)20-15-7-5-14(19)6-8-15/h3-10,12H,11H2,1-2H3,(H2,20,21,22,24). The van der Waals surface area contributed by atoms with Crippen LogP contribution in [0.2, 0.25) is 0 Å². The molecule has 0 aliphatic heterocycles. The second kappa shape index (κ2) is 8.98. The second-order valence-electron chi connectivity index (χ2n) is 5.64. The molecule has 4 nitrogen and oxygen atoms in total. The highest BCUT2D eigenvalue weighted by molar-refractivity contribution is 14.1. The van der Waals surface area contributed by atoms with Crippen LogP contribution in [-0.2, 0) is 0 Å². The van der Waals surface area contributed by atoms with Crippen molar-refractivity contribution in [2.75, 3.05) is 11.9 Å². The molecule has 0 saturated carbocycles. The van der Waals surface area contributed by atoms with Crippen molar-refractivity contribution in [1.82, 2.24) is 5.32 Å². The quantitative estimate of drug-likeness (QED) is 0.518. The number of rotatable bonds is 5. The Hall–Kier alpha value is -1.67. The summed E-state index contributed by atoms with van der Waals surface area (Å²) in [6.07, 6.45) is 0. The summed E-state index contributed by atoms with van der Waals surface area (Å²) in [5.41, 5.74) is 1.36. The van der Waals surface area contributed by atoms with E-state index in [-0.39, 0.29) is 11.0 Å². The van der Waals surface area contributed by atoms with Crippen molar-refractivity contribution in [2.45, 2.75) is 13.8 Å². The van der Waals surface area contributed by atoms with Gasteiger partial charge in [0.25, 0.3) is 5.91 Å². The molecule has 2 aromatic rings. The van der Waals surface area contributed by atoms with Crippen molar-refractivity contribution in [1.29, 1.82) is 0 Å². The van der Waals surface area contributed by atoms with Crippen molar-refractivity contribution in [3.05, 3.63) is 57.7 Å². The number of amides is 1. The van der Waals surface area contributed by atoms with Crippen LogP contribution in [0.1, 0.15) is 24.2 Å². The highest BCUT2D eigenvalue weighted by Gasteiger charge is 2.08. The number of ether oxygens (including phenoxy) is 1. The van der Waals surface area contributed by atoms with Gasteiger partial charge in [-0.05, 0) is 89.3 Å². The molecule has 0 aliphatic carbocycles. The number of thiocarbonyl (C=S) groups is 1. The number of carbonyl (C=O) groups is 1. The minimum absolute atomic E-state index is 0.256. The lowest BCUT2D eigenvalue weighted by Gasteiger charge is -2.11. The van der Waals surface area contributed by atoms with Crippen LogP contribution in [0.5, 0.6) is 5.75 Å². The molecule has 6 heteroatoms. The minimum Gasteiger partial charge on any atom is -0.493 e. The first kappa shape index (κ1) is 18.7. The zero-order valence-electron chi connectivity index (χ0n) is 13.5. The second-order valence-corrected chi connectivity index (χ2v) is 7.30. The maximum atomic E-state index is 12.2. The molecule has 0 radical (unpaired) electrons. The van der Waals surface area contributed by atoms with Gasteiger partial charge in [0.15, 0.2) is 5.11 Å². The number of hydrogen-bond acceptors (Lipinski definition) is 3. The molecule has 0 aromatic heterocycles. The fraction of sp³-hybridized carbons (Fsp3) is 0.222. The lowest BCUT2D eigenvalue weighted by Crippen LogP contribution is -2.34. The maximum absolute atomic E-state index is 12.2. The molecular formula is C18H19IN2O2S. The smallest absolute Gasteiger partial charge is 0.257 e. The van der Waals surface area contributed by atoms with Crippen LogP contribution < -0.4 is 15.4 Å². The summed E-state index contributed by atoms with van der Waals surface area (Å²) in [5.74, 6) is 0.950. The van der Waals surface area contributed by atoms with E-state index in [1.165, 1.54) is 0 Å². The zero-order chi connectivity index (χ0) is 17.5. The third-order valence-corrected chi connectivity index (χ3v) is 3.95. The summed E-state index contributed by atoms with van der Waals surface area (Å²) in [7, 11) is 0. The van der Waals surface area contributed by atoms with E-state index in [9.17, 15) is 4.79 Å². The number of nitrogens with one attached hydrogen (secondary N) is 2. The van der Waals surface area contributed by atoms with Crippen LogP contribution in [0.25, 0.3) is 0 Å². The van der Waals surface area contributed by atoms with Gasteiger partial charge in [0, 0.05) is 14.8 Å². The molecule has 0 unspecified atom stereocenters. The molecule has 0 fully saturated rings. The third kappa shape index (κ3) is 6.09. The number of hydrogen-bond donors (Lipinski definition) is 2. The van der Waals surface area contributed by atoms with Gasteiger partial charge in [0.1, 0.15) is 5.75 Å². The number of anilines is 1. The number of benzene rings is 2. The van der Waals surface area contributed by atoms with Crippen molar-refractivity contribution in [2.24, 2.45) is 5.92 Å². The largest absolute Gasteiger partial charge is 0.493 e. The Morgan fingerprint density at radius 2 is 1.75 bits per heavy atom. The average molecular weight is 454 g/mol. The van der Waals surface area contributed by atoms with E-state index in [1.807, 2.05) is 24.3 Å². The van der Waals surface area contributed by atoms with Gasteiger partial charge >= 0.3 is 0 Å². The topological polar surface area (TPSA) is 50.4 Å². The predicted octanol–water partition coefficient (Wildman–Crippen LogP) is 4.45. The fourth-order valence-corrected chi connectivity index (χ4v) is 2.41. The van der Waals surface area contributed by atoms with Crippen LogP contribution in [0.4, 0.5) is 5.69 Å². The summed E-state index contributed by atoms with van der Waals surface area (Å²) in [4.78, 5) is 12.2. The normalized spacial score (nSPS) is 10.3. The predicted molar refractivity (Wildman–Crippen MR) is 110 cm³/mol. The highest BCUT2D eigenvalue weighted by atomic mass is 127. The molecular weight excluding hydrogens is 435 g/mol. The van der Waals surface area contributed by atoms with E-state index in [1.54, 1.807) is 24.3 Å². The molecule has 0 atom stereocenters. The first-order valence-electron chi connectivity index (χ1n) is 7.55. The molecule has 0 saturated heterocycles. The van der Waals surface area contributed by atoms with E-state index in [2.05, 4.69) is 47.1 Å². The van der Waals surface area contributed by atoms with Gasteiger partial charge in [0.05, 0.1) is 6.61 Å².